The Morgan fingerprint density at radius 2 is 2.00 bits per heavy atom. The fourth-order valence-electron chi connectivity index (χ4n) is 2.97. The summed E-state index contributed by atoms with van der Waals surface area (Å²) in [5.74, 6) is -1.71. The van der Waals surface area contributed by atoms with Crippen molar-refractivity contribution in [1.82, 2.24) is 4.90 Å². The lowest BCUT2D eigenvalue weighted by atomic mass is 9.96. The zero-order valence-electron chi connectivity index (χ0n) is 12.6. The largest absolute Gasteiger partial charge is 0.469 e. The molecular weight excluding hydrogens is 298 g/mol. The minimum absolute atomic E-state index is 0.273. The van der Waals surface area contributed by atoms with Gasteiger partial charge in [-0.25, -0.2) is 0 Å². The van der Waals surface area contributed by atoms with Gasteiger partial charge < -0.3 is 19.2 Å². The molecule has 1 aliphatic rings. The van der Waals surface area contributed by atoms with Gasteiger partial charge in [-0.1, -0.05) is 30.3 Å². The molecule has 0 saturated carbocycles. The molecule has 1 saturated heterocycles. The van der Waals surface area contributed by atoms with Gasteiger partial charge in [-0.15, -0.1) is 0 Å². The third-order valence-electron chi connectivity index (χ3n) is 4.06. The lowest BCUT2D eigenvalue weighted by Crippen LogP contribution is -2.30. The first-order valence-electron chi connectivity index (χ1n) is 7.27. The second-order valence-corrected chi connectivity index (χ2v) is 5.41. The lowest BCUT2D eigenvalue weighted by molar-refractivity contribution is -0.150. The molecule has 0 spiro atoms. The Kier molecular flexibility index (Phi) is 4.16. The van der Waals surface area contributed by atoms with Crippen molar-refractivity contribution >= 4 is 11.9 Å². The molecule has 1 aliphatic heterocycles. The number of rotatable bonds is 4. The molecule has 23 heavy (non-hydrogen) atoms. The van der Waals surface area contributed by atoms with Crippen molar-refractivity contribution in [2.45, 2.75) is 18.7 Å². The second-order valence-electron chi connectivity index (χ2n) is 5.41. The van der Waals surface area contributed by atoms with Crippen LogP contribution in [0.3, 0.4) is 0 Å². The molecule has 1 aromatic heterocycles. The number of methoxy groups -OCH3 is 1. The Labute approximate surface area is 133 Å². The molecule has 1 N–H and O–H groups in total. The lowest BCUT2D eigenvalue weighted by Gasteiger charge is -2.25. The van der Waals surface area contributed by atoms with Gasteiger partial charge >= 0.3 is 5.97 Å². The standard InChI is InChI=1S/C17H17NO5/c1-22-17(21)13-14(12-8-5-9-23-12)18(16(20)15(13)19)10-11-6-3-2-4-7-11/h2-9,13-15,19H,10H2,1H3/t13-,14?,15+/m1/s1. The molecule has 1 fully saturated rings. The number of carbonyl (C=O) groups excluding carboxylic acids is 2. The van der Waals surface area contributed by atoms with Gasteiger partial charge in [0.25, 0.3) is 5.91 Å². The van der Waals surface area contributed by atoms with Crippen molar-refractivity contribution in [2.24, 2.45) is 5.92 Å². The number of benzene rings is 1. The zero-order valence-corrected chi connectivity index (χ0v) is 12.6. The number of likely N-dealkylation sites (tertiary alicyclic amines) is 1. The second kappa shape index (κ2) is 6.26. The first-order valence-corrected chi connectivity index (χ1v) is 7.27. The summed E-state index contributed by atoms with van der Waals surface area (Å²) in [4.78, 5) is 26.0. The fraction of sp³-hybridized carbons (Fsp3) is 0.294. The highest BCUT2D eigenvalue weighted by atomic mass is 16.5. The van der Waals surface area contributed by atoms with Crippen LogP contribution in [0.1, 0.15) is 17.4 Å². The SMILES string of the molecule is COC(=O)[C@@H]1C(c2ccco2)N(Cc2ccccc2)C(=O)[C@H]1O. The number of ether oxygens (including phenoxy) is 1. The van der Waals surface area contributed by atoms with E-state index in [0.29, 0.717) is 5.76 Å². The average Bonchev–Trinajstić information content (AvgIpc) is 3.18. The molecule has 0 bridgehead atoms. The molecule has 1 aromatic carbocycles. The molecule has 6 nitrogen and oxygen atoms in total. The van der Waals surface area contributed by atoms with E-state index in [9.17, 15) is 14.7 Å². The van der Waals surface area contributed by atoms with Gasteiger partial charge in [0.1, 0.15) is 23.8 Å². The Bertz CT molecular complexity index is 682. The summed E-state index contributed by atoms with van der Waals surface area (Å²) in [7, 11) is 1.23. The average molecular weight is 315 g/mol. The molecule has 6 heteroatoms. The predicted octanol–water partition coefficient (Wildman–Crippen LogP) is 1.51. The molecule has 1 unspecified atom stereocenters. The van der Waals surface area contributed by atoms with Gasteiger partial charge in [0.15, 0.2) is 0 Å². The zero-order chi connectivity index (χ0) is 16.4. The van der Waals surface area contributed by atoms with Crippen LogP contribution >= 0.6 is 0 Å². The van der Waals surface area contributed by atoms with Crippen LogP contribution in [0.2, 0.25) is 0 Å². The third kappa shape index (κ3) is 2.73. The molecular formula is C17H17NO5. The fourth-order valence-corrected chi connectivity index (χ4v) is 2.97. The molecule has 0 radical (unpaired) electrons. The van der Waals surface area contributed by atoms with Gasteiger partial charge in [0.2, 0.25) is 0 Å². The number of carbonyl (C=O) groups is 2. The first-order chi connectivity index (χ1) is 11.1. The number of aliphatic hydroxyl groups is 1. The van der Waals surface area contributed by atoms with Crippen molar-refractivity contribution in [3.05, 3.63) is 60.1 Å². The minimum Gasteiger partial charge on any atom is -0.469 e. The van der Waals surface area contributed by atoms with E-state index in [1.54, 1.807) is 12.1 Å². The number of furan rings is 1. The van der Waals surface area contributed by atoms with Crippen LogP contribution in [0.4, 0.5) is 0 Å². The number of amides is 1. The highest BCUT2D eigenvalue weighted by Gasteiger charge is 2.53. The molecule has 3 atom stereocenters. The topological polar surface area (TPSA) is 80.0 Å². The van der Waals surface area contributed by atoms with Crippen LogP contribution in [0.25, 0.3) is 0 Å². The van der Waals surface area contributed by atoms with E-state index < -0.39 is 29.9 Å². The van der Waals surface area contributed by atoms with Crippen molar-refractivity contribution < 1.29 is 23.8 Å². The summed E-state index contributed by atoms with van der Waals surface area (Å²) in [5.41, 5.74) is 0.898. The van der Waals surface area contributed by atoms with Gasteiger partial charge in [-0.2, -0.15) is 0 Å². The van der Waals surface area contributed by atoms with E-state index >= 15 is 0 Å². The van der Waals surface area contributed by atoms with E-state index in [1.807, 2.05) is 30.3 Å². The normalized spacial score (nSPS) is 24.0. The maximum atomic E-state index is 12.5. The molecule has 120 valence electrons. The maximum Gasteiger partial charge on any atom is 0.314 e. The number of aliphatic hydroxyl groups excluding tert-OH is 1. The smallest absolute Gasteiger partial charge is 0.314 e. The van der Waals surface area contributed by atoms with E-state index in [2.05, 4.69) is 0 Å². The predicted molar refractivity (Wildman–Crippen MR) is 80.0 cm³/mol. The minimum atomic E-state index is -1.44. The van der Waals surface area contributed by atoms with Gasteiger partial charge in [-0.05, 0) is 17.7 Å². The molecule has 2 heterocycles. The molecule has 3 rings (SSSR count). The summed E-state index contributed by atoms with van der Waals surface area (Å²) in [6.07, 6.45) is 0.0285. The van der Waals surface area contributed by atoms with Crippen LogP contribution in [0.15, 0.2) is 53.1 Å². The Morgan fingerprint density at radius 1 is 1.26 bits per heavy atom. The van der Waals surface area contributed by atoms with Crippen LogP contribution < -0.4 is 0 Å². The number of esters is 1. The van der Waals surface area contributed by atoms with E-state index in [4.69, 9.17) is 9.15 Å². The van der Waals surface area contributed by atoms with Crippen LogP contribution in [-0.2, 0) is 20.9 Å². The first kappa shape index (κ1) is 15.3. The highest BCUT2D eigenvalue weighted by Crippen LogP contribution is 2.40. The van der Waals surface area contributed by atoms with Gasteiger partial charge in [0.05, 0.1) is 13.4 Å². The Hall–Kier alpha value is -2.60. The maximum absolute atomic E-state index is 12.5. The van der Waals surface area contributed by atoms with Crippen molar-refractivity contribution in [1.29, 1.82) is 0 Å². The van der Waals surface area contributed by atoms with E-state index in [0.717, 1.165) is 5.56 Å². The van der Waals surface area contributed by atoms with Crippen LogP contribution in [0.5, 0.6) is 0 Å². The number of nitrogens with zero attached hydrogens (tertiary/aromatic N) is 1. The summed E-state index contributed by atoms with van der Waals surface area (Å²) >= 11 is 0. The van der Waals surface area contributed by atoms with Gasteiger partial charge in [-0.3, -0.25) is 9.59 Å². The van der Waals surface area contributed by atoms with Crippen molar-refractivity contribution in [3.63, 3.8) is 0 Å². The van der Waals surface area contributed by atoms with Crippen LogP contribution in [0, 0.1) is 5.92 Å². The van der Waals surface area contributed by atoms with Crippen molar-refractivity contribution in [3.8, 4) is 0 Å². The number of hydrogen-bond acceptors (Lipinski definition) is 5. The summed E-state index contributed by atoms with van der Waals surface area (Å²) in [6, 6.07) is 12.0. The quantitative estimate of drug-likeness (QED) is 0.865. The Morgan fingerprint density at radius 3 is 2.61 bits per heavy atom. The molecule has 2 aromatic rings. The molecule has 1 amide bonds. The van der Waals surface area contributed by atoms with Gasteiger partial charge in [0, 0.05) is 6.54 Å². The third-order valence-corrected chi connectivity index (χ3v) is 4.06. The summed E-state index contributed by atoms with van der Waals surface area (Å²) in [5, 5.41) is 10.2. The van der Waals surface area contributed by atoms with E-state index in [-0.39, 0.29) is 6.54 Å². The van der Waals surface area contributed by atoms with Crippen molar-refractivity contribution in [2.75, 3.05) is 7.11 Å². The monoisotopic (exact) mass is 315 g/mol. The Balaban J connectivity index is 1.98. The molecule has 0 aliphatic carbocycles. The highest BCUT2D eigenvalue weighted by molar-refractivity contribution is 5.91. The summed E-state index contributed by atoms with van der Waals surface area (Å²) < 4.78 is 10.2. The van der Waals surface area contributed by atoms with Crippen LogP contribution in [-0.4, -0.2) is 35.1 Å². The summed E-state index contributed by atoms with van der Waals surface area (Å²) in [6.45, 7) is 0.273. The van der Waals surface area contributed by atoms with E-state index in [1.165, 1.54) is 18.3 Å². The number of hydrogen-bond donors (Lipinski definition) is 1.